The average Bonchev–Trinajstić information content (AvgIpc) is 3.04. The van der Waals surface area contributed by atoms with Gasteiger partial charge in [0.15, 0.2) is 0 Å². The third kappa shape index (κ3) is 10.1. The summed E-state index contributed by atoms with van der Waals surface area (Å²) in [6.07, 6.45) is 8.75. The minimum absolute atomic E-state index is 0.0769. The molecule has 0 unspecified atom stereocenters. The van der Waals surface area contributed by atoms with Gasteiger partial charge >= 0.3 is 11.9 Å². The number of carbonyl (C=O) groups excluding carboxylic acids is 2. The largest absolute Gasteiger partial charge is 0.493 e. The number of halogens is 2. The number of rotatable bonds is 14. The average molecular weight is 513 g/mol. The number of ether oxygens (including phenoxy) is 3. The highest BCUT2D eigenvalue weighted by atomic mass is 35.5. The molecular formula is C26H34Cl2O6. The summed E-state index contributed by atoms with van der Waals surface area (Å²) in [6.45, 7) is 5.72. The van der Waals surface area contributed by atoms with Crippen molar-refractivity contribution in [1.82, 2.24) is 0 Å². The van der Waals surface area contributed by atoms with Crippen LogP contribution in [0, 0.1) is 11.8 Å². The fraction of sp³-hybridized carbons (Fsp3) is 0.538. The summed E-state index contributed by atoms with van der Waals surface area (Å²) in [4.78, 5) is 22.5. The molecule has 34 heavy (non-hydrogen) atoms. The van der Waals surface area contributed by atoms with Gasteiger partial charge in [0, 0.05) is 36.1 Å². The van der Waals surface area contributed by atoms with Crippen LogP contribution in [-0.4, -0.2) is 48.3 Å². The number of alkyl halides is 1. The number of hydrogen-bond acceptors (Lipinski definition) is 6. The Balaban J connectivity index is 1.84. The zero-order valence-electron chi connectivity index (χ0n) is 19.6. The Kier molecular flexibility index (Phi) is 12.5. The van der Waals surface area contributed by atoms with Gasteiger partial charge in [-0.15, -0.1) is 11.6 Å². The predicted molar refractivity (Wildman–Crippen MR) is 133 cm³/mol. The molecule has 4 atom stereocenters. The first-order chi connectivity index (χ1) is 16.3. The summed E-state index contributed by atoms with van der Waals surface area (Å²) >= 11 is 12.8. The minimum Gasteiger partial charge on any atom is -0.493 e. The number of benzene rings is 1. The summed E-state index contributed by atoms with van der Waals surface area (Å²) in [5.41, 5.74) is 0.902. The zero-order chi connectivity index (χ0) is 24.9. The first-order valence-corrected chi connectivity index (χ1v) is 12.4. The standard InChI is InChI=1S/C26H34Cl2O6/c1-3-11-33-26(31)9-7-5-4-6-8-22-23(25(30)16-24(22)28)17-34-21-14-19(13-20(27)15-21)10-12-32-18(2)29/h3-4,6,13-15,22-25,30H,1,5,7-12,16-17H2,2H3/b6-4-/t22-,23-,24-,25-/m1/s1. The van der Waals surface area contributed by atoms with Gasteiger partial charge in [-0.25, -0.2) is 0 Å². The van der Waals surface area contributed by atoms with Gasteiger partial charge in [-0.05, 0) is 55.4 Å². The molecule has 0 aliphatic heterocycles. The Morgan fingerprint density at radius 3 is 2.74 bits per heavy atom. The van der Waals surface area contributed by atoms with E-state index in [2.05, 4.69) is 12.7 Å². The van der Waals surface area contributed by atoms with Gasteiger partial charge in [-0.3, -0.25) is 9.59 Å². The van der Waals surface area contributed by atoms with E-state index in [4.69, 9.17) is 37.4 Å². The molecule has 0 bridgehead atoms. The molecule has 0 spiro atoms. The van der Waals surface area contributed by atoms with Crippen molar-refractivity contribution in [2.75, 3.05) is 19.8 Å². The monoisotopic (exact) mass is 512 g/mol. The Bertz CT molecular complexity index is 841. The Morgan fingerprint density at radius 1 is 1.21 bits per heavy atom. The van der Waals surface area contributed by atoms with Crippen LogP contribution in [0.25, 0.3) is 0 Å². The summed E-state index contributed by atoms with van der Waals surface area (Å²) in [5.74, 6) is 0.0297. The molecule has 8 heteroatoms. The van der Waals surface area contributed by atoms with E-state index in [1.807, 2.05) is 18.2 Å². The van der Waals surface area contributed by atoms with E-state index in [0.717, 1.165) is 18.4 Å². The SMILES string of the molecule is C=CCOC(=O)CCC/C=C\C[C@@H]1[C@@H](COc2cc(Cl)cc(CCOC(C)=O)c2)[C@H](O)C[C@H]1Cl. The van der Waals surface area contributed by atoms with Crippen molar-refractivity contribution in [3.63, 3.8) is 0 Å². The maximum atomic E-state index is 11.5. The smallest absolute Gasteiger partial charge is 0.306 e. The number of hydrogen-bond donors (Lipinski definition) is 1. The van der Waals surface area contributed by atoms with Gasteiger partial charge in [-0.2, -0.15) is 0 Å². The summed E-state index contributed by atoms with van der Waals surface area (Å²) in [5, 5.41) is 10.9. The van der Waals surface area contributed by atoms with Crippen LogP contribution in [0.3, 0.4) is 0 Å². The molecule has 0 amide bonds. The molecule has 1 aromatic carbocycles. The van der Waals surface area contributed by atoms with E-state index in [0.29, 0.717) is 43.1 Å². The first kappa shape index (κ1) is 28.2. The highest BCUT2D eigenvalue weighted by Gasteiger charge is 2.41. The van der Waals surface area contributed by atoms with Crippen LogP contribution in [0.4, 0.5) is 0 Å². The second kappa shape index (κ2) is 15.1. The minimum atomic E-state index is -0.539. The van der Waals surface area contributed by atoms with Crippen molar-refractivity contribution in [1.29, 1.82) is 0 Å². The number of carbonyl (C=O) groups is 2. The molecule has 0 saturated heterocycles. The lowest BCUT2D eigenvalue weighted by molar-refractivity contribution is -0.142. The Labute approximate surface area is 211 Å². The molecule has 1 fully saturated rings. The normalized spacial score (nSPS) is 22.0. The topological polar surface area (TPSA) is 82.1 Å². The van der Waals surface area contributed by atoms with Gasteiger partial charge in [0.1, 0.15) is 12.4 Å². The molecule has 1 aliphatic rings. The van der Waals surface area contributed by atoms with Crippen molar-refractivity contribution >= 4 is 35.1 Å². The molecule has 0 heterocycles. The van der Waals surface area contributed by atoms with Crippen LogP contribution in [0.2, 0.25) is 5.02 Å². The van der Waals surface area contributed by atoms with E-state index in [9.17, 15) is 14.7 Å². The van der Waals surface area contributed by atoms with Crippen molar-refractivity contribution in [3.05, 3.63) is 53.6 Å². The first-order valence-electron chi connectivity index (χ1n) is 11.6. The lowest BCUT2D eigenvalue weighted by atomic mass is 9.92. The van der Waals surface area contributed by atoms with E-state index >= 15 is 0 Å². The van der Waals surface area contributed by atoms with E-state index in [1.165, 1.54) is 6.92 Å². The van der Waals surface area contributed by atoms with Crippen LogP contribution in [0.5, 0.6) is 5.75 Å². The fourth-order valence-electron chi connectivity index (χ4n) is 4.00. The maximum absolute atomic E-state index is 11.5. The quantitative estimate of drug-likeness (QED) is 0.158. The van der Waals surface area contributed by atoms with Gasteiger partial charge in [-0.1, -0.05) is 36.4 Å². The third-order valence-electron chi connectivity index (χ3n) is 5.73. The summed E-state index contributed by atoms with van der Waals surface area (Å²) in [6, 6.07) is 5.40. The van der Waals surface area contributed by atoms with E-state index in [1.54, 1.807) is 12.1 Å². The second-order valence-corrected chi connectivity index (χ2v) is 9.41. The van der Waals surface area contributed by atoms with Crippen molar-refractivity contribution in [3.8, 4) is 5.75 Å². The van der Waals surface area contributed by atoms with Gasteiger partial charge in [0.05, 0.1) is 19.3 Å². The predicted octanol–water partition coefficient (Wildman–Crippen LogP) is 5.27. The number of aliphatic hydroxyl groups is 1. The van der Waals surface area contributed by atoms with Crippen LogP contribution in [-0.2, 0) is 25.5 Å². The molecule has 1 aliphatic carbocycles. The summed E-state index contributed by atoms with van der Waals surface area (Å²) < 4.78 is 15.9. The lowest BCUT2D eigenvalue weighted by Crippen LogP contribution is -2.27. The Morgan fingerprint density at radius 2 is 2.00 bits per heavy atom. The number of allylic oxidation sites excluding steroid dienone is 2. The Hall–Kier alpha value is -2.02. The highest BCUT2D eigenvalue weighted by Crippen LogP contribution is 2.39. The molecule has 1 N–H and O–H groups in total. The van der Waals surface area contributed by atoms with E-state index < -0.39 is 6.10 Å². The maximum Gasteiger partial charge on any atom is 0.306 e. The summed E-state index contributed by atoms with van der Waals surface area (Å²) in [7, 11) is 0. The number of aliphatic hydroxyl groups excluding tert-OH is 1. The molecule has 6 nitrogen and oxygen atoms in total. The fourth-order valence-corrected chi connectivity index (χ4v) is 4.72. The van der Waals surface area contributed by atoms with Crippen molar-refractivity contribution in [2.45, 2.75) is 56.9 Å². The highest BCUT2D eigenvalue weighted by molar-refractivity contribution is 6.30. The van der Waals surface area contributed by atoms with Gasteiger partial charge in [0.2, 0.25) is 0 Å². The van der Waals surface area contributed by atoms with Crippen LogP contribution < -0.4 is 4.74 Å². The van der Waals surface area contributed by atoms with E-state index in [-0.39, 0.29) is 42.4 Å². The molecule has 188 valence electrons. The molecule has 0 aromatic heterocycles. The molecule has 1 saturated carbocycles. The zero-order valence-corrected chi connectivity index (χ0v) is 21.1. The van der Waals surface area contributed by atoms with Gasteiger partial charge in [0.25, 0.3) is 0 Å². The van der Waals surface area contributed by atoms with Crippen LogP contribution in [0.1, 0.15) is 44.6 Å². The third-order valence-corrected chi connectivity index (χ3v) is 6.45. The van der Waals surface area contributed by atoms with Gasteiger partial charge < -0.3 is 19.3 Å². The molecule has 2 rings (SSSR count). The van der Waals surface area contributed by atoms with Crippen molar-refractivity contribution in [2.24, 2.45) is 11.8 Å². The molecule has 1 aromatic rings. The van der Waals surface area contributed by atoms with Crippen molar-refractivity contribution < 1.29 is 28.9 Å². The lowest BCUT2D eigenvalue weighted by Gasteiger charge is -2.23. The number of esters is 2. The molecular weight excluding hydrogens is 479 g/mol. The molecule has 0 radical (unpaired) electrons. The van der Waals surface area contributed by atoms with Crippen LogP contribution >= 0.6 is 23.2 Å². The number of unbranched alkanes of at least 4 members (excludes halogenated alkanes) is 1. The van der Waals surface area contributed by atoms with Crippen LogP contribution in [0.15, 0.2) is 43.0 Å². The second-order valence-electron chi connectivity index (χ2n) is 8.41.